The van der Waals surface area contributed by atoms with Gasteiger partial charge in [-0.25, -0.2) is 0 Å². The zero-order valence-electron chi connectivity index (χ0n) is 6.84. The number of halogens is 1. The second-order valence-electron chi connectivity index (χ2n) is 2.86. The van der Waals surface area contributed by atoms with Crippen LogP contribution in [0.4, 0.5) is 0 Å². The third kappa shape index (κ3) is 3.49. The van der Waals surface area contributed by atoms with Crippen LogP contribution in [0.15, 0.2) is 24.3 Å². The molecule has 1 aromatic carbocycles. The Bertz CT molecular complexity index is 216. The van der Waals surface area contributed by atoms with Gasteiger partial charge in [0.05, 0.1) is 0 Å². The van der Waals surface area contributed by atoms with Crippen molar-refractivity contribution in [2.75, 3.05) is 0 Å². The molecule has 0 spiro atoms. The molecule has 11 heavy (non-hydrogen) atoms. The minimum absolute atomic E-state index is 0.832. The Morgan fingerprint density at radius 2 is 1.73 bits per heavy atom. The van der Waals surface area contributed by atoms with Crippen LogP contribution in [0.2, 0.25) is 14.8 Å². The molecule has 0 aliphatic rings. The fraction of sp³-hybridized carbons (Fsp3) is 0.333. The summed E-state index contributed by atoms with van der Waals surface area (Å²) in [6.07, 6.45) is 0. The quantitative estimate of drug-likeness (QED) is 0.728. The van der Waals surface area contributed by atoms with Crippen molar-refractivity contribution in [3.05, 3.63) is 34.9 Å². The van der Waals surface area contributed by atoms with E-state index in [2.05, 4.69) is 21.9 Å². The minimum atomic E-state index is -0.832. The fourth-order valence-corrected chi connectivity index (χ4v) is 3.77. The molecule has 0 aromatic heterocycles. The van der Waals surface area contributed by atoms with Crippen molar-refractivity contribution >= 4 is 31.8 Å². The summed E-state index contributed by atoms with van der Waals surface area (Å²) in [5, 5.41) is 0.838. The maximum atomic E-state index is 5.76. The first kappa shape index (κ1) is 9.42. The second-order valence-corrected chi connectivity index (χ2v) is 10.4. The summed E-state index contributed by atoms with van der Waals surface area (Å²) in [5.41, 5.74) is 1.45. The summed E-state index contributed by atoms with van der Waals surface area (Å²) in [4.78, 5) is 4.80. The van der Waals surface area contributed by atoms with E-state index in [1.165, 1.54) is 9.93 Å². The van der Waals surface area contributed by atoms with Crippen LogP contribution in [0.1, 0.15) is 5.56 Å². The van der Waals surface area contributed by atoms with Crippen LogP contribution in [0, 0.1) is 0 Å². The van der Waals surface area contributed by atoms with Gasteiger partial charge in [-0.3, -0.25) is 0 Å². The predicted molar refractivity (Wildman–Crippen MR) is 52.6 cm³/mol. The molecular formula is C9H12ClSb. The number of hydrogen-bond acceptors (Lipinski definition) is 0. The molecule has 1 rings (SSSR count). The molecule has 0 amide bonds. The van der Waals surface area contributed by atoms with Gasteiger partial charge < -0.3 is 0 Å². The second kappa shape index (κ2) is 4.38. The van der Waals surface area contributed by atoms with Crippen molar-refractivity contribution in [2.45, 2.75) is 14.1 Å². The Balaban J connectivity index is 2.66. The van der Waals surface area contributed by atoms with Gasteiger partial charge in [0.25, 0.3) is 0 Å². The SMILES string of the molecule is [CH3][Sb]([CH3])[CH2]c1ccc(Cl)cc1. The van der Waals surface area contributed by atoms with Crippen molar-refractivity contribution in [1.29, 1.82) is 0 Å². The molecule has 2 heteroatoms. The van der Waals surface area contributed by atoms with Crippen LogP contribution < -0.4 is 0 Å². The van der Waals surface area contributed by atoms with Gasteiger partial charge >= 0.3 is 80.8 Å². The van der Waals surface area contributed by atoms with Crippen molar-refractivity contribution in [3.8, 4) is 0 Å². The van der Waals surface area contributed by atoms with Gasteiger partial charge in [0.2, 0.25) is 0 Å². The molecule has 0 radical (unpaired) electrons. The van der Waals surface area contributed by atoms with E-state index in [1.807, 2.05) is 12.1 Å². The molecule has 0 aliphatic heterocycles. The first-order valence-corrected chi connectivity index (χ1v) is 10.9. The molecule has 0 nitrogen and oxygen atoms in total. The Morgan fingerprint density at radius 3 is 2.18 bits per heavy atom. The summed E-state index contributed by atoms with van der Waals surface area (Å²) in [5.74, 6) is 0. The van der Waals surface area contributed by atoms with Crippen molar-refractivity contribution in [1.82, 2.24) is 0 Å². The van der Waals surface area contributed by atoms with Crippen LogP contribution >= 0.6 is 11.6 Å². The van der Waals surface area contributed by atoms with Gasteiger partial charge in [-0.05, 0) is 0 Å². The van der Waals surface area contributed by atoms with E-state index < -0.39 is 20.2 Å². The zero-order valence-corrected chi connectivity index (χ0v) is 10.2. The van der Waals surface area contributed by atoms with E-state index in [9.17, 15) is 0 Å². The molecule has 1 aromatic rings. The van der Waals surface area contributed by atoms with Crippen molar-refractivity contribution < 1.29 is 0 Å². The number of benzene rings is 1. The summed E-state index contributed by atoms with van der Waals surface area (Å²) in [6.45, 7) is 0. The van der Waals surface area contributed by atoms with E-state index in [4.69, 9.17) is 11.6 Å². The van der Waals surface area contributed by atoms with Gasteiger partial charge in [0.1, 0.15) is 0 Å². The average Bonchev–Trinajstić information content (AvgIpc) is 1.93. The van der Waals surface area contributed by atoms with Gasteiger partial charge in [0, 0.05) is 0 Å². The summed E-state index contributed by atoms with van der Waals surface area (Å²) < 4.78 is 1.32. The monoisotopic (exact) mass is 276 g/mol. The number of hydrogen-bond donors (Lipinski definition) is 0. The average molecular weight is 277 g/mol. The topological polar surface area (TPSA) is 0 Å². The Hall–Kier alpha value is 0.328. The summed E-state index contributed by atoms with van der Waals surface area (Å²) in [7, 11) is 0. The number of rotatable bonds is 2. The first-order chi connectivity index (χ1) is 5.18. The molecule has 0 saturated heterocycles. The molecule has 0 fully saturated rings. The molecule has 60 valence electrons. The van der Waals surface area contributed by atoms with Crippen LogP contribution in [-0.2, 0) is 4.37 Å². The molecule has 0 atom stereocenters. The van der Waals surface area contributed by atoms with Crippen LogP contribution in [0.25, 0.3) is 0 Å². The third-order valence-electron chi connectivity index (χ3n) is 1.41. The molecule has 0 heterocycles. The summed E-state index contributed by atoms with van der Waals surface area (Å²) in [6, 6.07) is 8.21. The molecule has 0 unspecified atom stereocenters. The Kier molecular flexibility index (Phi) is 3.75. The zero-order chi connectivity index (χ0) is 8.27. The van der Waals surface area contributed by atoms with E-state index in [-0.39, 0.29) is 0 Å². The van der Waals surface area contributed by atoms with Gasteiger partial charge in [-0.1, -0.05) is 0 Å². The van der Waals surface area contributed by atoms with E-state index in [0.717, 1.165) is 5.02 Å². The van der Waals surface area contributed by atoms with E-state index >= 15 is 0 Å². The maximum absolute atomic E-state index is 5.76. The molecule has 0 saturated carbocycles. The van der Waals surface area contributed by atoms with Gasteiger partial charge in [-0.15, -0.1) is 0 Å². The van der Waals surface area contributed by atoms with E-state index in [1.54, 1.807) is 0 Å². The predicted octanol–water partition coefficient (Wildman–Crippen LogP) is 3.18. The van der Waals surface area contributed by atoms with Gasteiger partial charge in [0.15, 0.2) is 0 Å². The third-order valence-corrected chi connectivity index (χ3v) is 4.51. The molecule has 0 bridgehead atoms. The summed E-state index contributed by atoms with van der Waals surface area (Å²) >= 11 is 4.93. The normalized spacial score (nSPS) is 10.5. The molecule has 0 N–H and O–H groups in total. The molecule has 0 aliphatic carbocycles. The van der Waals surface area contributed by atoms with Crippen LogP contribution in [0.3, 0.4) is 0 Å². The van der Waals surface area contributed by atoms with Crippen molar-refractivity contribution in [3.63, 3.8) is 0 Å². The molecular weight excluding hydrogens is 265 g/mol. The van der Waals surface area contributed by atoms with Crippen LogP contribution in [0.5, 0.6) is 0 Å². The van der Waals surface area contributed by atoms with E-state index in [0.29, 0.717) is 0 Å². The van der Waals surface area contributed by atoms with Gasteiger partial charge in [-0.2, -0.15) is 0 Å². The fourth-order valence-electron chi connectivity index (χ4n) is 0.955. The Labute approximate surface area is 80.5 Å². The standard InChI is InChI=1S/C7H6Cl.2CH3.Sb/c1-6-2-4-7(8)5-3-6;;;/h2-5H,1H2;2*1H3;. The Morgan fingerprint density at radius 1 is 1.18 bits per heavy atom. The van der Waals surface area contributed by atoms with Crippen molar-refractivity contribution in [2.24, 2.45) is 0 Å². The van der Waals surface area contributed by atoms with Crippen LogP contribution in [-0.4, -0.2) is 20.2 Å². The first-order valence-electron chi connectivity index (χ1n) is 3.57.